The number of carbonyl (C=O) groups is 2. The van der Waals surface area contributed by atoms with Gasteiger partial charge in [-0.2, -0.15) is 13.2 Å². The van der Waals surface area contributed by atoms with Gasteiger partial charge in [-0.05, 0) is 91.3 Å². The molecule has 4 bridgehead atoms. The minimum atomic E-state index is -4.37. The first-order chi connectivity index (χ1) is 19.4. The van der Waals surface area contributed by atoms with Crippen molar-refractivity contribution in [1.82, 2.24) is 5.32 Å². The van der Waals surface area contributed by atoms with Crippen LogP contribution < -0.4 is 10.6 Å². The number of aliphatic hydroxyl groups is 1. The van der Waals surface area contributed by atoms with E-state index in [4.69, 9.17) is 0 Å². The Morgan fingerprint density at radius 1 is 0.976 bits per heavy atom. The molecule has 41 heavy (non-hydrogen) atoms. The van der Waals surface area contributed by atoms with Gasteiger partial charge in [0.25, 0.3) is 5.91 Å². The zero-order valence-corrected chi connectivity index (χ0v) is 23.0. The van der Waals surface area contributed by atoms with Crippen LogP contribution in [0.4, 0.5) is 18.9 Å². The molecule has 4 saturated carbocycles. The average Bonchev–Trinajstić information content (AvgIpc) is 2.88. The number of fused-ring (bicyclic) bond motifs is 1. The summed E-state index contributed by atoms with van der Waals surface area (Å²) in [6, 6.07) is 15.8. The lowest BCUT2D eigenvalue weighted by Crippen LogP contribution is -2.64. The molecule has 3 atom stereocenters. The molecule has 0 heterocycles. The smallest absolute Gasteiger partial charge is 0.446 e. The molecule has 0 spiro atoms. The largest absolute Gasteiger partial charge is 0.480 e. The van der Waals surface area contributed by atoms with Gasteiger partial charge in [0.2, 0.25) is 0 Å². The Balaban J connectivity index is 1.27. The number of anilines is 1. The first-order valence-corrected chi connectivity index (χ1v) is 14.6. The molecule has 0 saturated heterocycles. The lowest BCUT2D eigenvalue weighted by atomic mass is 9.46. The molecule has 0 radical (unpaired) electrons. The Morgan fingerprint density at radius 2 is 1.66 bits per heavy atom. The average molecular weight is 585 g/mol. The Hall–Kier alpha value is -3.24. The van der Waals surface area contributed by atoms with Crippen molar-refractivity contribution < 1.29 is 33.0 Å². The fourth-order valence-corrected chi connectivity index (χ4v) is 8.50. The molecule has 4 aliphatic carbocycles. The van der Waals surface area contributed by atoms with E-state index in [1.807, 2.05) is 30.3 Å². The molecule has 7 rings (SSSR count). The van der Waals surface area contributed by atoms with Crippen LogP contribution in [0.25, 0.3) is 10.8 Å². The second kappa shape index (κ2) is 10.2. The fraction of sp³-hybridized carbons (Fsp3) is 0.419. The van der Waals surface area contributed by atoms with E-state index in [1.54, 1.807) is 18.2 Å². The predicted octanol–water partition coefficient (Wildman–Crippen LogP) is 6.58. The molecule has 0 aromatic heterocycles. The number of amides is 1. The number of carbonyl (C=O) groups excluding carboxylic acids is 1. The molecule has 3 aromatic rings. The Labute approximate surface area is 239 Å². The number of alkyl halides is 3. The van der Waals surface area contributed by atoms with Gasteiger partial charge in [-0.15, -0.1) is 0 Å². The van der Waals surface area contributed by atoms with E-state index in [1.165, 1.54) is 12.1 Å². The third kappa shape index (κ3) is 5.64. The molecule has 3 aromatic carbocycles. The van der Waals surface area contributed by atoms with Crippen LogP contribution in [-0.4, -0.2) is 39.2 Å². The summed E-state index contributed by atoms with van der Waals surface area (Å²) in [6.45, 7) is 0.244. The van der Waals surface area contributed by atoms with E-state index < -0.39 is 34.4 Å². The van der Waals surface area contributed by atoms with Gasteiger partial charge in [-0.3, -0.25) is 4.79 Å². The summed E-state index contributed by atoms with van der Waals surface area (Å²) in [4.78, 5) is 26.5. The van der Waals surface area contributed by atoms with E-state index in [9.17, 15) is 33.0 Å². The van der Waals surface area contributed by atoms with Gasteiger partial charge in [0.05, 0.1) is 16.9 Å². The number of hydrogen-bond acceptors (Lipinski definition) is 5. The highest BCUT2D eigenvalue weighted by Crippen LogP contribution is 2.62. The lowest BCUT2D eigenvalue weighted by molar-refractivity contribution is -0.181. The van der Waals surface area contributed by atoms with Crippen molar-refractivity contribution in [3.8, 4) is 0 Å². The Morgan fingerprint density at radius 3 is 2.29 bits per heavy atom. The van der Waals surface area contributed by atoms with E-state index in [0.717, 1.165) is 22.8 Å². The molecule has 4 fully saturated rings. The van der Waals surface area contributed by atoms with Gasteiger partial charge >= 0.3 is 11.5 Å². The summed E-state index contributed by atoms with van der Waals surface area (Å²) >= 11 is -0.177. The number of benzene rings is 3. The van der Waals surface area contributed by atoms with Crippen molar-refractivity contribution in [2.24, 2.45) is 17.3 Å². The van der Waals surface area contributed by atoms with Gasteiger partial charge < -0.3 is 20.8 Å². The van der Waals surface area contributed by atoms with Crippen LogP contribution in [0, 0.1) is 17.3 Å². The number of carboxylic acids is 1. The molecule has 10 heteroatoms. The maximum atomic E-state index is 13.8. The number of aliphatic carboxylic acids is 1. The summed E-state index contributed by atoms with van der Waals surface area (Å²) in [5.41, 5.74) is -4.41. The highest BCUT2D eigenvalue weighted by Gasteiger charge is 2.61. The number of nitrogens with one attached hydrogen (secondary N) is 2. The Bertz CT molecular complexity index is 1480. The number of rotatable bonds is 8. The number of thioether (sulfide) groups is 1. The van der Waals surface area contributed by atoms with Crippen molar-refractivity contribution >= 4 is 40.1 Å². The third-order valence-electron chi connectivity index (χ3n) is 9.01. The molecular weight excluding hydrogens is 553 g/mol. The first kappa shape index (κ1) is 27.9. The highest BCUT2D eigenvalue weighted by atomic mass is 32.2. The molecule has 0 aliphatic heterocycles. The van der Waals surface area contributed by atoms with Crippen LogP contribution in [-0.2, 0) is 11.3 Å². The van der Waals surface area contributed by atoms with Crippen LogP contribution in [0.2, 0.25) is 0 Å². The summed E-state index contributed by atoms with van der Waals surface area (Å²) in [7, 11) is 0. The molecule has 6 nitrogen and oxygen atoms in total. The second-order valence-electron chi connectivity index (χ2n) is 12.0. The topological polar surface area (TPSA) is 98.7 Å². The van der Waals surface area contributed by atoms with Crippen molar-refractivity contribution in [3.63, 3.8) is 0 Å². The van der Waals surface area contributed by atoms with E-state index >= 15 is 0 Å². The minimum Gasteiger partial charge on any atom is -0.480 e. The summed E-state index contributed by atoms with van der Waals surface area (Å²) in [6.07, 6.45) is 4.11. The molecule has 216 valence electrons. The molecule has 1 amide bonds. The maximum absolute atomic E-state index is 13.8. The van der Waals surface area contributed by atoms with Crippen LogP contribution in [0.1, 0.15) is 54.4 Å². The van der Waals surface area contributed by atoms with Gasteiger partial charge in [0.15, 0.2) is 0 Å². The molecule has 2 unspecified atom stereocenters. The van der Waals surface area contributed by atoms with Crippen LogP contribution in [0.5, 0.6) is 0 Å². The van der Waals surface area contributed by atoms with Crippen molar-refractivity contribution in [2.45, 2.75) is 67.1 Å². The van der Waals surface area contributed by atoms with Gasteiger partial charge in [-0.25, -0.2) is 4.79 Å². The second-order valence-corrected chi connectivity index (χ2v) is 13.2. The fourth-order valence-electron chi connectivity index (χ4n) is 7.96. The third-order valence-corrected chi connectivity index (χ3v) is 9.75. The predicted molar refractivity (Wildman–Crippen MR) is 151 cm³/mol. The van der Waals surface area contributed by atoms with Crippen LogP contribution >= 0.6 is 11.8 Å². The number of carboxylic acid groups (broad SMARTS) is 1. The number of halogens is 3. The SMILES string of the molecule is O=C(N[C@H](C(=O)O)C12CC3CC(CC(O)(C3)C1)C2)c1ccc2ccccc2c1NCc1ccc(SC(F)(F)F)cc1. The highest BCUT2D eigenvalue weighted by molar-refractivity contribution is 8.00. The van der Waals surface area contributed by atoms with Crippen LogP contribution in [0.3, 0.4) is 0 Å². The molecule has 4 N–H and O–H groups in total. The van der Waals surface area contributed by atoms with E-state index in [2.05, 4.69) is 10.6 Å². The van der Waals surface area contributed by atoms with Gasteiger partial charge in [0, 0.05) is 22.2 Å². The van der Waals surface area contributed by atoms with Crippen molar-refractivity contribution in [2.75, 3.05) is 5.32 Å². The summed E-state index contributed by atoms with van der Waals surface area (Å²) in [5, 5.41) is 29.3. The molecular formula is C31H31F3N2O4S. The van der Waals surface area contributed by atoms with E-state index in [0.29, 0.717) is 37.8 Å². The summed E-state index contributed by atoms with van der Waals surface area (Å²) < 4.78 is 38.1. The molecule has 4 aliphatic rings. The lowest BCUT2D eigenvalue weighted by Gasteiger charge is -2.61. The van der Waals surface area contributed by atoms with Crippen molar-refractivity contribution in [3.05, 3.63) is 71.8 Å². The number of hydrogen-bond donors (Lipinski definition) is 4. The van der Waals surface area contributed by atoms with Gasteiger partial charge in [-0.1, -0.05) is 42.5 Å². The first-order valence-electron chi connectivity index (χ1n) is 13.8. The normalized spacial score (nSPS) is 27.5. The zero-order valence-electron chi connectivity index (χ0n) is 22.2. The summed E-state index contributed by atoms with van der Waals surface area (Å²) in [5.74, 6) is -1.10. The quantitative estimate of drug-likeness (QED) is 0.223. The zero-order chi connectivity index (χ0) is 29.0. The van der Waals surface area contributed by atoms with Crippen LogP contribution in [0.15, 0.2) is 65.6 Å². The standard InChI is InChI=1S/C31H31F3N2O4S/c32-31(33,34)41-22-8-5-18(6-9-22)16-35-25-23-4-2-1-3-21(23)7-10-24(25)27(37)36-26(28(38)39)29-12-19-11-20(13-29)15-30(40,14-19)17-29/h1-10,19-20,26,35,40H,11-17H2,(H,36,37)(H,38,39)/t19?,20?,26-,29?,30?/m1/s1. The van der Waals surface area contributed by atoms with E-state index in [-0.39, 0.29) is 40.6 Å². The Kier molecular flexibility index (Phi) is 6.97. The van der Waals surface area contributed by atoms with Crippen molar-refractivity contribution in [1.29, 1.82) is 0 Å². The minimum absolute atomic E-state index is 0.0838. The monoisotopic (exact) mass is 584 g/mol. The maximum Gasteiger partial charge on any atom is 0.446 e. The van der Waals surface area contributed by atoms with Gasteiger partial charge in [0.1, 0.15) is 6.04 Å².